The first-order valence-corrected chi connectivity index (χ1v) is 11.6. The van der Waals surface area contributed by atoms with Crippen molar-refractivity contribution in [1.82, 2.24) is 15.1 Å². The Kier molecular flexibility index (Phi) is 7.02. The molecule has 0 aliphatic carbocycles. The maximum atomic E-state index is 12.9. The summed E-state index contributed by atoms with van der Waals surface area (Å²) in [5, 5.41) is 12.7. The lowest BCUT2D eigenvalue weighted by molar-refractivity contribution is -0.139. The van der Waals surface area contributed by atoms with Crippen LogP contribution >= 0.6 is 22.9 Å². The second-order valence-electron chi connectivity index (χ2n) is 7.61. The van der Waals surface area contributed by atoms with E-state index >= 15 is 0 Å². The van der Waals surface area contributed by atoms with Crippen LogP contribution in [0.1, 0.15) is 40.5 Å². The number of likely N-dealkylation sites (tertiary alicyclic amines) is 1. The summed E-state index contributed by atoms with van der Waals surface area (Å²) in [4.78, 5) is 27.3. The monoisotopic (exact) mass is 470 g/mol. The molecule has 0 radical (unpaired) electrons. The summed E-state index contributed by atoms with van der Waals surface area (Å²) in [6.45, 7) is 2.98. The van der Waals surface area contributed by atoms with Gasteiger partial charge in [0.1, 0.15) is 10.8 Å². The predicted octanol–water partition coefficient (Wildman–Crippen LogP) is 4.62. The number of para-hydroxylation sites is 1. The molecule has 2 atom stereocenters. The van der Waals surface area contributed by atoms with Gasteiger partial charge in [0.25, 0.3) is 11.8 Å². The Bertz CT molecular complexity index is 1090. The van der Waals surface area contributed by atoms with E-state index < -0.39 is 6.10 Å². The standard InChI is InChI=1S/C23H23ClN4O3S/c1-15(31-19-10-3-2-4-11-19)23(30)28-12-6-7-16(14-28)21-26-27-22(32-21)20(29)25-18-9-5-8-17(24)13-18/h2-5,8-11,13,15-16H,6-7,12,14H2,1H3,(H,25,29)/t15-,16+/m1/s1. The van der Waals surface area contributed by atoms with E-state index in [2.05, 4.69) is 15.5 Å². The summed E-state index contributed by atoms with van der Waals surface area (Å²) in [7, 11) is 0. The molecule has 0 saturated carbocycles. The van der Waals surface area contributed by atoms with Crippen molar-refractivity contribution in [1.29, 1.82) is 0 Å². The van der Waals surface area contributed by atoms with Gasteiger partial charge in [-0.2, -0.15) is 0 Å². The summed E-state index contributed by atoms with van der Waals surface area (Å²) >= 11 is 7.23. The second-order valence-corrected chi connectivity index (χ2v) is 9.05. The van der Waals surface area contributed by atoms with Gasteiger partial charge in [-0.1, -0.05) is 47.2 Å². The van der Waals surface area contributed by atoms with Gasteiger partial charge >= 0.3 is 0 Å². The number of nitrogens with one attached hydrogen (secondary N) is 1. The third kappa shape index (κ3) is 5.44. The Hall–Kier alpha value is -2.97. The van der Waals surface area contributed by atoms with Crippen molar-refractivity contribution >= 4 is 40.4 Å². The number of halogens is 1. The highest BCUT2D eigenvalue weighted by Gasteiger charge is 2.30. The zero-order valence-corrected chi connectivity index (χ0v) is 19.1. The number of ether oxygens (including phenoxy) is 1. The van der Waals surface area contributed by atoms with Gasteiger partial charge < -0.3 is 15.0 Å². The number of hydrogen-bond donors (Lipinski definition) is 1. The van der Waals surface area contributed by atoms with Crippen LogP contribution in [0.3, 0.4) is 0 Å². The van der Waals surface area contributed by atoms with Gasteiger partial charge in [0.2, 0.25) is 5.01 Å². The summed E-state index contributed by atoms with van der Waals surface area (Å²) in [5.74, 6) is 0.329. The summed E-state index contributed by atoms with van der Waals surface area (Å²) in [5.41, 5.74) is 0.598. The molecule has 1 saturated heterocycles. The highest BCUT2D eigenvalue weighted by atomic mass is 35.5. The summed E-state index contributed by atoms with van der Waals surface area (Å²) in [6.07, 6.45) is 1.17. The van der Waals surface area contributed by atoms with Crippen LogP contribution < -0.4 is 10.1 Å². The van der Waals surface area contributed by atoms with Crippen LogP contribution in [0.4, 0.5) is 5.69 Å². The Morgan fingerprint density at radius 3 is 2.78 bits per heavy atom. The van der Waals surface area contributed by atoms with Gasteiger partial charge in [-0.25, -0.2) is 0 Å². The fourth-order valence-electron chi connectivity index (χ4n) is 3.63. The highest BCUT2D eigenvalue weighted by Crippen LogP contribution is 2.30. The molecular weight excluding hydrogens is 448 g/mol. The molecule has 4 rings (SSSR count). The molecule has 1 aromatic heterocycles. The van der Waals surface area contributed by atoms with Crippen LogP contribution in [-0.2, 0) is 4.79 Å². The number of carbonyl (C=O) groups is 2. The van der Waals surface area contributed by atoms with Crippen molar-refractivity contribution in [2.45, 2.75) is 31.8 Å². The van der Waals surface area contributed by atoms with E-state index in [0.717, 1.165) is 17.8 Å². The van der Waals surface area contributed by atoms with Crippen molar-refractivity contribution in [2.75, 3.05) is 18.4 Å². The van der Waals surface area contributed by atoms with Crippen molar-refractivity contribution in [3.8, 4) is 5.75 Å². The molecule has 1 fully saturated rings. The maximum Gasteiger partial charge on any atom is 0.286 e. The predicted molar refractivity (Wildman–Crippen MR) is 124 cm³/mol. The minimum absolute atomic E-state index is 0.0434. The second kappa shape index (κ2) is 10.1. The molecule has 1 N–H and O–H groups in total. The van der Waals surface area contributed by atoms with E-state index in [-0.39, 0.29) is 22.7 Å². The third-order valence-corrected chi connectivity index (χ3v) is 6.52. The molecule has 2 aromatic carbocycles. The number of anilines is 1. The van der Waals surface area contributed by atoms with Crippen molar-refractivity contribution in [2.24, 2.45) is 0 Å². The Balaban J connectivity index is 1.37. The van der Waals surface area contributed by atoms with Crippen LogP contribution in [0.2, 0.25) is 5.02 Å². The molecule has 9 heteroatoms. The molecule has 7 nitrogen and oxygen atoms in total. The summed E-state index contributed by atoms with van der Waals surface area (Å²) in [6, 6.07) is 16.2. The lowest BCUT2D eigenvalue weighted by atomic mass is 9.98. The highest BCUT2D eigenvalue weighted by molar-refractivity contribution is 7.13. The average molecular weight is 471 g/mol. The van der Waals surface area contributed by atoms with E-state index in [4.69, 9.17) is 16.3 Å². The Morgan fingerprint density at radius 2 is 2.00 bits per heavy atom. The normalized spacial score (nSPS) is 16.9. The average Bonchev–Trinajstić information content (AvgIpc) is 3.30. The smallest absolute Gasteiger partial charge is 0.286 e. The number of hydrogen-bond acceptors (Lipinski definition) is 6. The first kappa shape index (κ1) is 22.2. The molecule has 0 unspecified atom stereocenters. The van der Waals surface area contributed by atoms with Crippen LogP contribution in [0, 0.1) is 0 Å². The minimum Gasteiger partial charge on any atom is -0.481 e. The number of amides is 2. The van der Waals surface area contributed by atoms with E-state index in [1.807, 2.05) is 35.2 Å². The molecule has 1 aliphatic rings. The van der Waals surface area contributed by atoms with Gasteiger partial charge in [0.05, 0.1) is 0 Å². The lowest BCUT2D eigenvalue weighted by Gasteiger charge is -2.33. The van der Waals surface area contributed by atoms with Gasteiger partial charge in [-0.05, 0) is 50.1 Å². The van der Waals surface area contributed by atoms with Gasteiger partial charge in [-0.3, -0.25) is 9.59 Å². The molecule has 32 heavy (non-hydrogen) atoms. The van der Waals surface area contributed by atoms with Gasteiger partial charge in [-0.15, -0.1) is 10.2 Å². The first-order valence-electron chi connectivity index (χ1n) is 10.4. The fraction of sp³-hybridized carbons (Fsp3) is 0.304. The van der Waals surface area contributed by atoms with E-state index in [1.165, 1.54) is 11.3 Å². The number of nitrogens with zero attached hydrogens (tertiary/aromatic N) is 3. The Morgan fingerprint density at radius 1 is 1.19 bits per heavy atom. The van der Waals surface area contributed by atoms with Crippen LogP contribution in [0.25, 0.3) is 0 Å². The molecule has 2 heterocycles. The molecule has 166 valence electrons. The first-order chi connectivity index (χ1) is 15.5. The number of aromatic nitrogens is 2. The van der Waals surface area contributed by atoms with E-state index in [9.17, 15) is 9.59 Å². The fourth-order valence-corrected chi connectivity index (χ4v) is 4.69. The Labute approximate surface area is 195 Å². The van der Waals surface area contributed by atoms with Gasteiger partial charge in [0, 0.05) is 29.7 Å². The van der Waals surface area contributed by atoms with E-state index in [0.29, 0.717) is 29.5 Å². The maximum absolute atomic E-state index is 12.9. The quantitative estimate of drug-likeness (QED) is 0.568. The summed E-state index contributed by atoms with van der Waals surface area (Å²) < 4.78 is 5.79. The lowest BCUT2D eigenvalue weighted by Crippen LogP contribution is -2.45. The van der Waals surface area contributed by atoms with Crippen molar-refractivity contribution in [3.63, 3.8) is 0 Å². The van der Waals surface area contributed by atoms with Crippen molar-refractivity contribution in [3.05, 3.63) is 69.6 Å². The largest absolute Gasteiger partial charge is 0.481 e. The van der Waals surface area contributed by atoms with Gasteiger partial charge in [0.15, 0.2) is 6.10 Å². The van der Waals surface area contributed by atoms with Crippen LogP contribution in [-0.4, -0.2) is 46.1 Å². The topological polar surface area (TPSA) is 84.4 Å². The number of rotatable bonds is 6. The molecular formula is C23H23ClN4O3S. The molecule has 2 amide bonds. The van der Waals surface area contributed by atoms with Crippen LogP contribution in [0.5, 0.6) is 5.75 Å². The number of benzene rings is 2. The van der Waals surface area contributed by atoms with Crippen molar-refractivity contribution < 1.29 is 14.3 Å². The molecule has 0 bridgehead atoms. The number of piperidine rings is 1. The molecule has 1 aliphatic heterocycles. The SMILES string of the molecule is C[C@@H](Oc1ccccc1)C(=O)N1CCC[C@H](c2nnc(C(=O)Nc3cccc(Cl)c3)s2)C1. The molecule has 0 spiro atoms. The third-order valence-electron chi connectivity index (χ3n) is 5.20. The van der Waals surface area contributed by atoms with E-state index in [1.54, 1.807) is 31.2 Å². The minimum atomic E-state index is -0.579. The van der Waals surface area contributed by atoms with Crippen LogP contribution in [0.15, 0.2) is 54.6 Å². The zero-order valence-electron chi connectivity index (χ0n) is 17.5. The number of carbonyl (C=O) groups excluding carboxylic acids is 2. The molecule has 3 aromatic rings. The zero-order chi connectivity index (χ0) is 22.5.